The highest BCUT2D eigenvalue weighted by atomic mass is 35.5. The lowest BCUT2D eigenvalue weighted by molar-refractivity contribution is 0.104. The minimum absolute atomic E-state index is 0.0173. The first-order valence-corrected chi connectivity index (χ1v) is 12.6. The van der Waals surface area contributed by atoms with E-state index in [0.717, 1.165) is 25.1 Å². The number of carbonyl (C=O) groups is 1. The van der Waals surface area contributed by atoms with Gasteiger partial charge in [0.2, 0.25) is 5.88 Å². The number of ether oxygens (including phenoxy) is 3. The van der Waals surface area contributed by atoms with Crippen molar-refractivity contribution in [3.63, 3.8) is 0 Å². The number of hydrogen-bond acceptors (Lipinski definition) is 8. The molecule has 0 saturated heterocycles. The van der Waals surface area contributed by atoms with Crippen molar-refractivity contribution < 1.29 is 19.0 Å². The number of ketones is 1. The zero-order valence-electron chi connectivity index (χ0n) is 21.4. The van der Waals surface area contributed by atoms with E-state index in [-0.39, 0.29) is 22.2 Å². The van der Waals surface area contributed by atoms with Gasteiger partial charge in [0.05, 0.1) is 41.5 Å². The molecule has 1 aliphatic rings. The number of methoxy groups -OCH3 is 2. The first kappa shape index (κ1) is 26.1. The summed E-state index contributed by atoms with van der Waals surface area (Å²) in [4.78, 5) is 35.4. The molecule has 2 N–H and O–H groups in total. The highest BCUT2D eigenvalue weighted by molar-refractivity contribution is 6.33. The maximum absolute atomic E-state index is 13.5. The zero-order chi connectivity index (χ0) is 27.5. The van der Waals surface area contributed by atoms with Crippen molar-refractivity contribution in [2.24, 2.45) is 5.73 Å². The van der Waals surface area contributed by atoms with Crippen molar-refractivity contribution in [1.29, 1.82) is 0 Å². The molecule has 0 aliphatic carbocycles. The average Bonchev–Trinajstić information content (AvgIpc) is 3.27. The third kappa shape index (κ3) is 4.86. The van der Waals surface area contributed by atoms with Crippen LogP contribution in [-0.4, -0.2) is 39.3 Å². The summed E-state index contributed by atoms with van der Waals surface area (Å²) < 4.78 is 20.1. The molecule has 5 rings (SSSR count). The zero-order valence-corrected chi connectivity index (χ0v) is 22.1. The molecule has 0 spiro atoms. The van der Waals surface area contributed by atoms with Gasteiger partial charge in [0, 0.05) is 24.9 Å². The van der Waals surface area contributed by atoms with Gasteiger partial charge >= 0.3 is 0 Å². The van der Waals surface area contributed by atoms with Gasteiger partial charge in [-0.25, -0.2) is 14.6 Å². The summed E-state index contributed by atoms with van der Waals surface area (Å²) in [5.41, 5.74) is 7.41. The van der Waals surface area contributed by atoms with Crippen LogP contribution in [0.25, 0.3) is 16.6 Å². The number of rotatable bonds is 8. The van der Waals surface area contributed by atoms with Crippen LogP contribution in [0.3, 0.4) is 0 Å². The van der Waals surface area contributed by atoms with Gasteiger partial charge in [-0.15, -0.1) is 0 Å². The third-order valence-corrected chi connectivity index (χ3v) is 6.78. The number of carbonyl (C=O) groups excluding carboxylic acids is 1. The van der Waals surface area contributed by atoms with Gasteiger partial charge in [-0.3, -0.25) is 14.3 Å². The molecule has 0 unspecified atom stereocenters. The summed E-state index contributed by atoms with van der Waals surface area (Å²) in [6.07, 6.45) is 5.99. The molecular formula is C28H26ClN5O5. The van der Waals surface area contributed by atoms with Gasteiger partial charge in [-0.2, -0.15) is 0 Å². The second kappa shape index (κ2) is 11.0. The Labute approximate surface area is 228 Å². The SMILES string of the molecule is COc1cc2ncnc(OC(=C/N)/C(Cl)=C\C(=O)c3c4n(n(-c5ccccc5)c3=O)CCCC4)c2cc1OC. The molecule has 10 nitrogen and oxygen atoms in total. The van der Waals surface area contributed by atoms with Gasteiger partial charge in [-0.05, 0) is 37.5 Å². The number of fused-ring (bicyclic) bond motifs is 2. The number of halogens is 1. The van der Waals surface area contributed by atoms with E-state index in [9.17, 15) is 9.59 Å². The summed E-state index contributed by atoms with van der Waals surface area (Å²) in [7, 11) is 3.03. The predicted molar refractivity (Wildman–Crippen MR) is 147 cm³/mol. The van der Waals surface area contributed by atoms with Crippen molar-refractivity contribution in [2.75, 3.05) is 14.2 Å². The van der Waals surface area contributed by atoms with Gasteiger partial charge in [0.1, 0.15) is 11.9 Å². The fourth-order valence-electron chi connectivity index (χ4n) is 4.67. The van der Waals surface area contributed by atoms with Crippen LogP contribution in [0.5, 0.6) is 17.4 Å². The van der Waals surface area contributed by atoms with E-state index in [4.69, 9.17) is 31.5 Å². The minimum atomic E-state index is -0.535. The summed E-state index contributed by atoms with van der Waals surface area (Å²) >= 11 is 6.52. The molecule has 2 aromatic heterocycles. The van der Waals surface area contributed by atoms with Crippen LogP contribution in [-0.2, 0) is 13.0 Å². The lowest BCUT2D eigenvalue weighted by Crippen LogP contribution is -2.24. The Bertz CT molecular complexity index is 1670. The van der Waals surface area contributed by atoms with Crippen LogP contribution < -0.4 is 25.5 Å². The number of para-hydroxylation sites is 1. The minimum Gasteiger partial charge on any atom is -0.493 e. The molecular weight excluding hydrogens is 522 g/mol. The summed E-state index contributed by atoms with van der Waals surface area (Å²) in [6.45, 7) is 0.635. The maximum Gasteiger partial charge on any atom is 0.282 e. The molecule has 11 heteroatoms. The van der Waals surface area contributed by atoms with E-state index in [1.165, 1.54) is 20.5 Å². The highest BCUT2D eigenvalue weighted by Gasteiger charge is 2.27. The van der Waals surface area contributed by atoms with Crippen molar-refractivity contribution >= 4 is 28.3 Å². The lowest BCUT2D eigenvalue weighted by Gasteiger charge is -2.19. The topological polar surface area (TPSA) is 123 Å². The Morgan fingerprint density at radius 1 is 1.08 bits per heavy atom. The monoisotopic (exact) mass is 547 g/mol. The van der Waals surface area contributed by atoms with Gasteiger partial charge < -0.3 is 19.9 Å². The summed E-state index contributed by atoms with van der Waals surface area (Å²) in [5, 5.41) is 0.425. The Kier molecular flexibility index (Phi) is 7.38. The molecule has 1 aliphatic heterocycles. The number of aromatic nitrogens is 4. The van der Waals surface area contributed by atoms with Crippen LogP contribution in [0.1, 0.15) is 28.9 Å². The summed E-state index contributed by atoms with van der Waals surface area (Å²) in [5.74, 6) is 0.533. The number of benzene rings is 2. The van der Waals surface area contributed by atoms with E-state index >= 15 is 0 Å². The summed E-state index contributed by atoms with van der Waals surface area (Å²) in [6, 6.07) is 12.6. The number of nitrogens with two attached hydrogens (primary N) is 1. The van der Waals surface area contributed by atoms with Crippen LogP contribution in [0.4, 0.5) is 0 Å². The quantitative estimate of drug-likeness (QED) is 0.151. The molecule has 0 fully saturated rings. The number of hydrogen-bond donors (Lipinski definition) is 1. The van der Waals surface area contributed by atoms with Crippen molar-refractivity contribution in [3.05, 3.63) is 93.5 Å². The fraction of sp³-hybridized carbons (Fsp3) is 0.214. The molecule has 0 amide bonds. The Hall–Kier alpha value is -4.57. The Balaban J connectivity index is 1.50. The van der Waals surface area contributed by atoms with Gasteiger partial charge in [0.15, 0.2) is 23.0 Å². The standard InChI is InChI=1S/C28H26ClN5O5/c1-37-23-12-18-20(14-24(23)38-2)31-16-32-27(18)39-25(15-30)19(29)13-22(35)26-21-10-6-7-11-33(21)34(28(26)36)17-8-4-3-5-9-17/h3-5,8-9,12-16H,6-7,10-11,30H2,1-2H3/b19-13+,25-15+. The van der Waals surface area contributed by atoms with Crippen molar-refractivity contribution in [2.45, 2.75) is 25.8 Å². The highest BCUT2D eigenvalue weighted by Crippen LogP contribution is 2.35. The molecule has 4 aromatic rings. The first-order chi connectivity index (χ1) is 19.0. The smallest absolute Gasteiger partial charge is 0.282 e. The maximum atomic E-state index is 13.5. The number of nitrogens with zero attached hydrogens (tertiary/aromatic N) is 4. The van der Waals surface area contributed by atoms with E-state index in [0.29, 0.717) is 46.7 Å². The van der Waals surface area contributed by atoms with Gasteiger partial charge in [0.25, 0.3) is 5.56 Å². The molecule has 0 bridgehead atoms. The second-order valence-corrected chi connectivity index (χ2v) is 9.15. The van der Waals surface area contributed by atoms with Crippen molar-refractivity contribution in [1.82, 2.24) is 19.3 Å². The molecule has 0 atom stereocenters. The fourth-order valence-corrected chi connectivity index (χ4v) is 4.87. The predicted octanol–water partition coefficient (Wildman–Crippen LogP) is 4.12. The average molecular weight is 548 g/mol. The Morgan fingerprint density at radius 2 is 1.82 bits per heavy atom. The van der Waals surface area contributed by atoms with E-state index in [1.54, 1.807) is 16.8 Å². The van der Waals surface area contributed by atoms with Crippen molar-refractivity contribution in [3.8, 4) is 23.1 Å². The van der Waals surface area contributed by atoms with Gasteiger partial charge in [-0.1, -0.05) is 29.8 Å². The van der Waals surface area contributed by atoms with E-state index < -0.39 is 11.3 Å². The Morgan fingerprint density at radius 3 is 2.54 bits per heavy atom. The third-order valence-electron chi connectivity index (χ3n) is 6.48. The normalized spacial score (nSPS) is 13.7. The van der Waals surface area contributed by atoms with Crippen LogP contribution in [0, 0.1) is 0 Å². The lowest BCUT2D eigenvalue weighted by atomic mass is 10.0. The van der Waals surface area contributed by atoms with Crippen LogP contribution in [0.2, 0.25) is 0 Å². The molecule has 0 radical (unpaired) electrons. The van der Waals surface area contributed by atoms with Crippen LogP contribution in [0.15, 0.2) is 76.7 Å². The number of allylic oxidation sites excluding steroid dienone is 2. The first-order valence-electron chi connectivity index (χ1n) is 12.2. The van der Waals surface area contributed by atoms with E-state index in [2.05, 4.69) is 9.97 Å². The molecule has 3 heterocycles. The molecule has 2 aromatic carbocycles. The van der Waals surface area contributed by atoms with Crippen LogP contribution >= 0.6 is 11.6 Å². The van der Waals surface area contributed by atoms with E-state index in [1.807, 2.05) is 35.0 Å². The second-order valence-electron chi connectivity index (χ2n) is 8.75. The molecule has 39 heavy (non-hydrogen) atoms. The largest absolute Gasteiger partial charge is 0.493 e. The molecule has 200 valence electrons. The molecule has 0 saturated carbocycles.